The zero-order valence-electron chi connectivity index (χ0n) is 24.6. The summed E-state index contributed by atoms with van der Waals surface area (Å²) in [6.07, 6.45) is 1.41. The van der Waals surface area contributed by atoms with E-state index in [2.05, 4.69) is 12.6 Å². The summed E-state index contributed by atoms with van der Waals surface area (Å²) in [5.41, 5.74) is 1.52. The minimum atomic E-state index is -1.13. The third-order valence-corrected chi connectivity index (χ3v) is 8.35. The zero-order chi connectivity index (χ0) is 30.2. The zero-order valence-corrected chi connectivity index (χ0v) is 24.6. The van der Waals surface area contributed by atoms with Crippen molar-refractivity contribution in [3.05, 3.63) is 114 Å². The number of carbonyl (C=O) groups excluding carboxylic acids is 2. The van der Waals surface area contributed by atoms with E-state index in [1.165, 1.54) is 0 Å². The molecule has 0 saturated carbocycles. The number of ether oxygens (including phenoxy) is 5. The number of esters is 2. The van der Waals surface area contributed by atoms with Gasteiger partial charge in [0, 0.05) is 42.0 Å². The highest BCUT2D eigenvalue weighted by Crippen LogP contribution is 2.64. The summed E-state index contributed by atoms with van der Waals surface area (Å²) in [6.45, 7) is 10.6. The SMILES string of the molecule is C=CC(=O)Oc1ccc(OC(=O)C2CC3(OCC)c4ccccc4C2(OCC)c2cccc(OCC)c23)c2ccccc12. The Kier molecular flexibility index (Phi) is 7.54. The smallest absolute Gasteiger partial charge is 0.335 e. The lowest BCUT2D eigenvalue weighted by Crippen LogP contribution is -2.59. The maximum absolute atomic E-state index is 14.5. The topological polar surface area (TPSA) is 80.3 Å². The molecule has 7 heteroatoms. The van der Waals surface area contributed by atoms with Crippen LogP contribution in [0.4, 0.5) is 0 Å². The number of hydrogen-bond acceptors (Lipinski definition) is 7. The van der Waals surface area contributed by atoms with Crippen molar-refractivity contribution in [2.24, 2.45) is 5.92 Å². The van der Waals surface area contributed by atoms with Gasteiger partial charge in [-0.15, -0.1) is 0 Å². The number of rotatable bonds is 10. The van der Waals surface area contributed by atoms with Crippen LogP contribution in [-0.2, 0) is 30.3 Å². The summed E-state index contributed by atoms with van der Waals surface area (Å²) in [7, 11) is 0. The van der Waals surface area contributed by atoms with Crippen molar-refractivity contribution in [3.63, 3.8) is 0 Å². The molecular formula is C36H34O7. The van der Waals surface area contributed by atoms with E-state index in [-0.39, 0.29) is 0 Å². The van der Waals surface area contributed by atoms with Crippen LogP contribution in [0.25, 0.3) is 10.8 Å². The van der Waals surface area contributed by atoms with Gasteiger partial charge in [0.1, 0.15) is 28.5 Å². The van der Waals surface area contributed by atoms with Crippen molar-refractivity contribution in [2.45, 2.75) is 38.4 Å². The van der Waals surface area contributed by atoms with Gasteiger partial charge >= 0.3 is 11.9 Å². The molecule has 3 aliphatic rings. The van der Waals surface area contributed by atoms with Gasteiger partial charge in [0.2, 0.25) is 0 Å². The van der Waals surface area contributed by atoms with Crippen LogP contribution in [0.5, 0.6) is 17.2 Å². The molecule has 0 spiro atoms. The molecule has 0 aromatic heterocycles. The fourth-order valence-corrected chi connectivity index (χ4v) is 6.93. The van der Waals surface area contributed by atoms with Crippen LogP contribution in [0.2, 0.25) is 0 Å². The van der Waals surface area contributed by atoms with Gasteiger partial charge in [-0.2, -0.15) is 0 Å². The van der Waals surface area contributed by atoms with Crippen molar-refractivity contribution < 1.29 is 33.3 Å². The molecule has 3 unspecified atom stereocenters. The fourth-order valence-electron chi connectivity index (χ4n) is 6.93. The Labute approximate surface area is 251 Å². The lowest BCUT2D eigenvalue weighted by Gasteiger charge is -2.57. The molecule has 2 bridgehead atoms. The standard InChI is InChI=1S/C36H34O7/c1-5-32(37)42-29-20-21-30(24-15-10-9-14-23(24)29)43-34(38)28-22-35(40-7-3)25-16-11-12-17-26(25)36(28,41-8-4)27-18-13-19-31(33(27)35)39-6-2/h5,9-21,28H,1,6-8,22H2,2-4H3. The Balaban J connectivity index is 1.52. The molecule has 0 saturated heterocycles. The minimum Gasteiger partial charge on any atom is -0.493 e. The van der Waals surface area contributed by atoms with Crippen molar-refractivity contribution >= 4 is 22.7 Å². The van der Waals surface area contributed by atoms with Crippen LogP contribution in [-0.4, -0.2) is 31.8 Å². The largest absolute Gasteiger partial charge is 0.493 e. The van der Waals surface area contributed by atoms with Crippen molar-refractivity contribution in [1.82, 2.24) is 0 Å². The highest BCUT2D eigenvalue weighted by atomic mass is 16.6. The maximum atomic E-state index is 14.5. The number of benzene rings is 4. The molecule has 7 rings (SSSR count). The number of carbonyl (C=O) groups is 2. The van der Waals surface area contributed by atoms with Gasteiger partial charge in [0.25, 0.3) is 0 Å². The number of hydrogen-bond donors (Lipinski definition) is 0. The monoisotopic (exact) mass is 578 g/mol. The maximum Gasteiger partial charge on any atom is 0.335 e. The third-order valence-electron chi connectivity index (χ3n) is 8.35. The lowest BCUT2D eigenvalue weighted by molar-refractivity contribution is -0.171. The first kappa shape index (κ1) is 28.6. The average molecular weight is 579 g/mol. The van der Waals surface area contributed by atoms with Crippen molar-refractivity contribution in [1.29, 1.82) is 0 Å². The Hall–Kier alpha value is -4.46. The fraction of sp³-hybridized carbons (Fsp3) is 0.278. The van der Waals surface area contributed by atoms with E-state index in [0.29, 0.717) is 48.5 Å². The van der Waals surface area contributed by atoms with Gasteiger partial charge in [-0.25, -0.2) is 4.79 Å². The van der Waals surface area contributed by atoms with Crippen LogP contribution in [0.1, 0.15) is 49.4 Å². The second kappa shape index (κ2) is 11.3. The average Bonchev–Trinajstić information content (AvgIpc) is 3.03. The summed E-state index contributed by atoms with van der Waals surface area (Å²) >= 11 is 0. The quantitative estimate of drug-likeness (QED) is 0.116. The van der Waals surface area contributed by atoms with E-state index in [0.717, 1.165) is 34.1 Å². The minimum absolute atomic E-state index is 0.306. The lowest BCUT2D eigenvalue weighted by atomic mass is 9.54. The van der Waals surface area contributed by atoms with Gasteiger partial charge < -0.3 is 23.7 Å². The summed E-state index contributed by atoms with van der Waals surface area (Å²) in [4.78, 5) is 26.4. The van der Waals surface area contributed by atoms with E-state index in [4.69, 9.17) is 23.7 Å². The van der Waals surface area contributed by atoms with Crippen LogP contribution in [0, 0.1) is 5.92 Å². The van der Waals surface area contributed by atoms with Crippen LogP contribution >= 0.6 is 0 Å². The molecule has 0 amide bonds. The second-order valence-electron chi connectivity index (χ2n) is 10.5. The van der Waals surface area contributed by atoms with E-state index in [9.17, 15) is 9.59 Å². The molecule has 3 atom stereocenters. The molecule has 220 valence electrons. The van der Waals surface area contributed by atoms with E-state index in [1.54, 1.807) is 12.1 Å². The predicted molar refractivity (Wildman–Crippen MR) is 162 cm³/mol. The van der Waals surface area contributed by atoms with Gasteiger partial charge in [-0.1, -0.05) is 67.2 Å². The van der Waals surface area contributed by atoms with Gasteiger partial charge in [-0.3, -0.25) is 4.79 Å². The van der Waals surface area contributed by atoms with Crippen LogP contribution in [0.15, 0.2) is 91.5 Å². The van der Waals surface area contributed by atoms with Crippen LogP contribution in [0.3, 0.4) is 0 Å². The number of fused-ring (bicyclic) bond motifs is 2. The van der Waals surface area contributed by atoms with Gasteiger partial charge in [0.15, 0.2) is 0 Å². The van der Waals surface area contributed by atoms with Crippen molar-refractivity contribution in [2.75, 3.05) is 19.8 Å². The highest BCUT2D eigenvalue weighted by Gasteiger charge is 2.65. The molecule has 3 aliphatic carbocycles. The Morgan fingerprint density at radius 2 is 1.37 bits per heavy atom. The molecule has 0 fully saturated rings. The molecule has 0 aliphatic heterocycles. The molecule has 0 heterocycles. The first-order valence-corrected chi connectivity index (χ1v) is 14.7. The molecular weight excluding hydrogens is 544 g/mol. The van der Waals surface area contributed by atoms with E-state index in [1.807, 2.05) is 81.4 Å². The summed E-state index contributed by atoms with van der Waals surface area (Å²) < 4.78 is 31.3. The van der Waals surface area contributed by atoms with Crippen molar-refractivity contribution in [3.8, 4) is 17.2 Å². The third kappa shape index (κ3) is 4.34. The molecule has 0 radical (unpaired) electrons. The Bertz CT molecular complexity index is 1730. The van der Waals surface area contributed by atoms with E-state index < -0.39 is 29.1 Å². The van der Waals surface area contributed by atoms with E-state index >= 15 is 0 Å². The Morgan fingerprint density at radius 3 is 2.02 bits per heavy atom. The van der Waals surface area contributed by atoms with Crippen LogP contribution < -0.4 is 14.2 Å². The summed E-state index contributed by atoms with van der Waals surface area (Å²) in [5, 5.41) is 1.27. The summed E-state index contributed by atoms with van der Waals surface area (Å²) in [6, 6.07) is 24.5. The first-order valence-electron chi connectivity index (χ1n) is 14.7. The molecule has 7 nitrogen and oxygen atoms in total. The molecule has 4 aromatic carbocycles. The van der Waals surface area contributed by atoms with Gasteiger partial charge in [0.05, 0.1) is 12.5 Å². The predicted octanol–water partition coefficient (Wildman–Crippen LogP) is 6.83. The first-order chi connectivity index (χ1) is 20.9. The highest BCUT2D eigenvalue weighted by molar-refractivity contribution is 5.97. The second-order valence-corrected chi connectivity index (χ2v) is 10.5. The Morgan fingerprint density at radius 1 is 0.744 bits per heavy atom. The molecule has 0 N–H and O–H groups in total. The van der Waals surface area contributed by atoms with Gasteiger partial charge in [-0.05, 0) is 55.7 Å². The normalized spacial score (nSPS) is 21.5. The molecule has 4 aromatic rings. The summed E-state index contributed by atoms with van der Waals surface area (Å²) in [5.74, 6) is -0.333. The molecule has 43 heavy (non-hydrogen) atoms.